The fourth-order valence-corrected chi connectivity index (χ4v) is 2.40. The number of carbonyl (C=O) groups is 1. The van der Waals surface area contributed by atoms with Gasteiger partial charge >= 0.3 is 5.97 Å². The van der Waals surface area contributed by atoms with Crippen LogP contribution < -0.4 is 0 Å². The maximum atomic E-state index is 11.5. The molecule has 1 saturated heterocycles. The minimum atomic E-state index is -0.374. The molecule has 0 saturated carbocycles. The van der Waals surface area contributed by atoms with Gasteiger partial charge in [-0.05, 0) is 29.8 Å². The van der Waals surface area contributed by atoms with Gasteiger partial charge in [0.05, 0.1) is 17.5 Å². The number of halogens is 2. The Morgan fingerprint density at radius 3 is 2.71 bits per heavy atom. The lowest BCUT2D eigenvalue weighted by molar-refractivity contribution is -0.141. The van der Waals surface area contributed by atoms with E-state index in [1.165, 1.54) is 0 Å². The molecule has 1 aliphatic rings. The summed E-state index contributed by atoms with van der Waals surface area (Å²) in [4.78, 5) is 11.6. The monoisotopic (exact) mass is 326 g/mol. The van der Waals surface area contributed by atoms with E-state index in [0.717, 1.165) is 6.42 Å². The van der Waals surface area contributed by atoms with Crippen molar-refractivity contribution in [1.82, 2.24) is 0 Å². The molecule has 1 fully saturated rings. The van der Waals surface area contributed by atoms with Crippen molar-refractivity contribution in [2.24, 2.45) is 0 Å². The zero-order chi connectivity index (χ0) is 10.7. The average molecular weight is 328 g/mol. The summed E-state index contributed by atoms with van der Waals surface area (Å²) in [5, 5.41) is 0. The van der Waals surface area contributed by atoms with E-state index in [9.17, 15) is 4.79 Å². The maximum absolute atomic E-state index is 11.5. The molecule has 14 heavy (non-hydrogen) atoms. The Bertz CT molecular complexity index is 261. The molecule has 0 amide bonds. The molecule has 0 radical (unpaired) electrons. The summed E-state index contributed by atoms with van der Waals surface area (Å²) in [6.07, 6.45) is 0.755. The van der Waals surface area contributed by atoms with Gasteiger partial charge in [0.2, 0.25) is 0 Å². The standard InChI is InChI=1S/C9H12Br2O3/c1-5(2)14-9(12)7(11)8-6(10)3-4-13-8/h5-6H,3-4H2,1-2H3/b8-7-. The van der Waals surface area contributed by atoms with Gasteiger partial charge in [-0.1, -0.05) is 15.9 Å². The van der Waals surface area contributed by atoms with E-state index >= 15 is 0 Å². The van der Waals surface area contributed by atoms with E-state index in [1.54, 1.807) is 0 Å². The first-order chi connectivity index (χ1) is 6.52. The molecule has 0 aliphatic carbocycles. The van der Waals surface area contributed by atoms with Crippen molar-refractivity contribution in [1.29, 1.82) is 0 Å². The molecule has 0 aromatic rings. The highest BCUT2D eigenvalue weighted by atomic mass is 79.9. The highest BCUT2D eigenvalue weighted by Crippen LogP contribution is 2.30. The van der Waals surface area contributed by atoms with Gasteiger partial charge in [0, 0.05) is 6.42 Å². The van der Waals surface area contributed by atoms with Gasteiger partial charge in [0.15, 0.2) is 0 Å². The predicted molar refractivity (Wildman–Crippen MR) is 60.5 cm³/mol. The zero-order valence-corrected chi connectivity index (χ0v) is 11.2. The first-order valence-electron chi connectivity index (χ1n) is 4.40. The molecule has 1 atom stereocenters. The minimum Gasteiger partial charge on any atom is -0.495 e. The molecule has 0 aromatic carbocycles. The van der Waals surface area contributed by atoms with Crippen LogP contribution in [0.4, 0.5) is 0 Å². The Hall–Kier alpha value is -0.0300. The van der Waals surface area contributed by atoms with E-state index in [2.05, 4.69) is 31.9 Å². The molecule has 1 unspecified atom stereocenters. The summed E-state index contributed by atoms with van der Waals surface area (Å²) in [6, 6.07) is 0. The first-order valence-corrected chi connectivity index (χ1v) is 6.10. The number of ether oxygens (including phenoxy) is 2. The van der Waals surface area contributed by atoms with Crippen LogP contribution in [0.15, 0.2) is 10.2 Å². The molecule has 0 bridgehead atoms. The van der Waals surface area contributed by atoms with Crippen molar-refractivity contribution in [2.45, 2.75) is 31.2 Å². The van der Waals surface area contributed by atoms with Crippen LogP contribution >= 0.6 is 31.9 Å². The second-order valence-corrected chi connectivity index (χ2v) is 5.14. The summed E-state index contributed by atoms with van der Waals surface area (Å²) >= 11 is 6.61. The molecule has 5 heteroatoms. The number of hydrogen-bond donors (Lipinski definition) is 0. The molecule has 0 spiro atoms. The lowest BCUT2D eigenvalue weighted by atomic mass is 10.3. The largest absolute Gasteiger partial charge is 0.495 e. The summed E-state index contributed by atoms with van der Waals surface area (Å²) < 4.78 is 10.7. The maximum Gasteiger partial charge on any atom is 0.349 e. The summed E-state index contributed by atoms with van der Waals surface area (Å²) in [5.74, 6) is 0.261. The quantitative estimate of drug-likeness (QED) is 0.444. The fraction of sp³-hybridized carbons (Fsp3) is 0.667. The Kier molecular flexibility index (Phi) is 4.44. The molecular formula is C9H12Br2O3. The van der Waals surface area contributed by atoms with Crippen LogP contribution in [0.2, 0.25) is 0 Å². The summed E-state index contributed by atoms with van der Waals surface area (Å²) in [7, 11) is 0. The van der Waals surface area contributed by atoms with E-state index in [0.29, 0.717) is 16.8 Å². The fourth-order valence-electron chi connectivity index (χ4n) is 1.06. The van der Waals surface area contributed by atoms with Crippen LogP contribution in [-0.2, 0) is 14.3 Å². The Labute approximate surface area is 100 Å². The Balaban J connectivity index is 2.71. The summed E-state index contributed by atoms with van der Waals surface area (Å²) in [5.41, 5.74) is 0. The van der Waals surface area contributed by atoms with Crippen molar-refractivity contribution < 1.29 is 14.3 Å². The number of carbonyl (C=O) groups excluding carboxylic acids is 1. The van der Waals surface area contributed by atoms with Gasteiger partial charge in [0.25, 0.3) is 0 Å². The molecule has 1 aliphatic heterocycles. The van der Waals surface area contributed by atoms with Crippen molar-refractivity contribution in [3.8, 4) is 0 Å². The van der Waals surface area contributed by atoms with Crippen LogP contribution in [0.25, 0.3) is 0 Å². The van der Waals surface area contributed by atoms with E-state index < -0.39 is 0 Å². The Morgan fingerprint density at radius 1 is 1.64 bits per heavy atom. The van der Waals surface area contributed by atoms with Crippen LogP contribution in [0.3, 0.4) is 0 Å². The molecule has 0 N–H and O–H groups in total. The van der Waals surface area contributed by atoms with Crippen molar-refractivity contribution in [3.05, 3.63) is 10.2 Å². The SMILES string of the molecule is CC(C)OC(=O)/C(Br)=C1/OCCC1Br. The average Bonchev–Trinajstić information content (AvgIpc) is 2.48. The van der Waals surface area contributed by atoms with E-state index in [-0.39, 0.29) is 16.9 Å². The number of esters is 1. The minimum absolute atomic E-state index is 0.108. The lowest BCUT2D eigenvalue weighted by Crippen LogP contribution is -2.13. The highest BCUT2D eigenvalue weighted by molar-refractivity contribution is 9.12. The van der Waals surface area contributed by atoms with Crippen molar-refractivity contribution in [2.75, 3.05) is 6.61 Å². The summed E-state index contributed by atoms with van der Waals surface area (Å²) in [6.45, 7) is 4.25. The number of allylic oxidation sites excluding steroid dienone is 1. The van der Waals surface area contributed by atoms with Gasteiger partial charge in [-0.15, -0.1) is 0 Å². The van der Waals surface area contributed by atoms with Crippen LogP contribution in [0.1, 0.15) is 20.3 Å². The van der Waals surface area contributed by atoms with Crippen LogP contribution in [0, 0.1) is 0 Å². The molecule has 3 nitrogen and oxygen atoms in total. The van der Waals surface area contributed by atoms with Crippen LogP contribution in [0.5, 0.6) is 0 Å². The molecule has 0 aromatic heterocycles. The van der Waals surface area contributed by atoms with E-state index in [4.69, 9.17) is 9.47 Å². The predicted octanol–water partition coefficient (Wildman–Crippen LogP) is 2.73. The number of rotatable bonds is 2. The normalized spacial score (nSPS) is 24.8. The molecule has 1 rings (SSSR count). The molecule has 80 valence electrons. The van der Waals surface area contributed by atoms with Gasteiger partial charge in [-0.25, -0.2) is 4.79 Å². The van der Waals surface area contributed by atoms with Gasteiger partial charge in [-0.3, -0.25) is 0 Å². The van der Waals surface area contributed by atoms with Crippen molar-refractivity contribution >= 4 is 37.8 Å². The number of hydrogen-bond acceptors (Lipinski definition) is 3. The third-order valence-corrected chi connectivity index (χ3v) is 3.24. The second-order valence-electron chi connectivity index (χ2n) is 3.24. The van der Waals surface area contributed by atoms with Gasteiger partial charge in [-0.2, -0.15) is 0 Å². The van der Waals surface area contributed by atoms with Gasteiger partial charge < -0.3 is 9.47 Å². The second kappa shape index (κ2) is 5.16. The van der Waals surface area contributed by atoms with Crippen LogP contribution in [-0.4, -0.2) is 23.5 Å². The third kappa shape index (κ3) is 2.98. The zero-order valence-electron chi connectivity index (χ0n) is 8.05. The molecular weight excluding hydrogens is 316 g/mol. The lowest BCUT2D eigenvalue weighted by Gasteiger charge is -2.09. The van der Waals surface area contributed by atoms with Crippen molar-refractivity contribution in [3.63, 3.8) is 0 Å². The smallest absolute Gasteiger partial charge is 0.349 e. The first kappa shape index (κ1) is 12.0. The number of alkyl halides is 1. The Morgan fingerprint density at radius 2 is 2.29 bits per heavy atom. The van der Waals surface area contributed by atoms with Gasteiger partial charge in [0.1, 0.15) is 10.2 Å². The third-order valence-electron chi connectivity index (χ3n) is 1.65. The topological polar surface area (TPSA) is 35.5 Å². The molecule has 1 heterocycles. The highest BCUT2D eigenvalue weighted by Gasteiger charge is 2.26. The van der Waals surface area contributed by atoms with E-state index in [1.807, 2.05) is 13.8 Å².